The van der Waals surface area contributed by atoms with Crippen LogP contribution >= 0.6 is 11.6 Å². The number of pyridine rings is 2. The second-order valence-corrected chi connectivity index (χ2v) is 26.1. The van der Waals surface area contributed by atoms with Crippen LogP contribution in [-0.2, 0) is 35.5 Å². The Labute approximate surface area is 325 Å². The van der Waals surface area contributed by atoms with Gasteiger partial charge in [0, 0.05) is 18.0 Å². The van der Waals surface area contributed by atoms with Gasteiger partial charge in [-0.2, -0.15) is 26.3 Å². The molecule has 2 aliphatic rings. The summed E-state index contributed by atoms with van der Waals surface area (Å²) in [4.78, 5) is 35.8. The highest BCUT2D eigenvalue weighted by Gasteiger charge is 2.49. The van der Waals surface area contributed by atoms with Crippen LogP contribution in [0.2, 0.25) is 36.3 Å². The van der Waals surface area contributed by atoms with Crippen LogP contribution in [0.5, 0.6) is 0 Å². The van der Waals surface area contributed by atoms with E-state index < -0.39 is 64.4 Å². The summed E-state index contributed by atoms with van der Waals surface area (Å²) in [5.74, 6) is -1.00. The molecule has 0 bridgehead atoms. The van der Waals surface area contributed by atoms with E-state index in [1.807, 2.05) is 67.7 Å². The maximum absolute atomic E-state index is 13.2. The van der Waals surface area contributed by atoms with Crippen molar-refractivity contribution in [1.29, 1.82) is 0 Å². The van der Waals surface area contributed by atoms with Gasteiger partial charge in [0.2, 0.25) is 0 Å². The second kappa shape index (κ2) is 16.2. The summed E-state index contributed by atoms with van der Waals surface area (Å²) in [6.45, 7) is 26.9. The van der Waals surface area contributed by atoms with Gasteiger partial charge in [-0.15, -0.1) is 0 Å². The van der Waals surface area contributed by atoms with Gasteiger partial charge in [0.25, 0.3) is 11.8 Å². The Kier molecular flexibility index (Phi) is 13.5. The van der Waals surface area contributed by atoms with Crippen LogP contribution in [0.3, 0.4) is 0 Å². The van der Waals surface area contributed by atoms with Crippen molar-refractivity contribution in [3.63, 3.8) is 0 Å². The van der Waals surface area contributed by atoms with E-state index in [9.17, 15) is 35.9 Å². The molecule has 4 rings (SSSR count). The molecule has 4 heterocycles. The second-order valence-electron chi connectivity index (χ2n) is 16.2. The molecular weight excluding hydrogens is 786 g/mol. The summed E-state index contributed by atoms with van der Waals surface area (Å²) >= 11 is 6.32. The standard InChI is InChI=1S/C20H27F3N2O3Si.C17H22ClF3N2O2Si/c1-8-11-27-16-13(2)17(26)25(18(16)28-29(6,7)19(3,4)5)15-12-14(9-10-24-15)20(21,22)23;1-10-13(18)15(25-26(5,6)16(2,3)4)23(14(10)24)12-9-11(7-8-22-12)17(19,20)21/h8-10,12,18H,1,11H2,2-7H3;7-9,15H,1-6H3. The van der Waals surface area contributed by atoms with Crippen molar-refractivity contribution in [3.05, 3.63) is 82.4 Å². The van der Waals surface area contributed by atoms with Crippen LogP contribution in [0, 0.1) is 0 Å². The van der Waals surface area contributed by atoms with Gasteiger partial charge < -0.3 is 13.6 Å². The van der Waals surface area contributed by atoms with E-state index in [2.05, 4.69) is 16.5 Å². The fourth-order valence-corrected chi connectivity index (χ4v) is 7.29. The summed E-state index contributed by atoms with van der Waals surface area (Å²) < 4.78 is 97.1. The largest absolute Gasteiger partial charge is 0.489 e. The molecule has 2 unspecified atom stereocenters. The molecular formula is C37H49ClF6N4O5Si2. The third kappa shape index (κ3) is 10.1. The zero-order chi connectivity index (χ0) is 42.3. The Morgan fingerprint density at radius 2 is 1.13 bits per heavy atom. The van der Waals surface area contributed by atoms with Gasteiger partial charge in [-0.25, -0.2) is 9.97 Å². The predicted octanol–water partition coefficient (Wildman–Crippen LogP) is 10.6. The molecule has 9 nitrogen and oxygen atoms in total. The van der Waals surface area contributed by atoms with Crippen LogP contribution in [-0.4, -0.2) is 57.5 Å². The first-order valence-electron chi connectivity index (χ1n) is 17.3. The summed E-state index contributed by atoms with van der Waals surface area (Å²) in [6, 6.07) is 3.41. The van der Waals surface area contributed by atoms with Crippen LogP contribution in [0.25, 0.3) is 0 Å². The molecule has 0 saturated heterocycles. The number of aromatic nitrogens is 2. The van der Waals surface area contributed by atoms with E-state index in [0.717, 1.165) is 46.5 Å². The lowest BCUT2D eigenvalue weighted by molar-refractivity contribution is -0.138. The van der Waals surface area contributed by atoms with Gasteiger partial charge >= 0.3 is 12.4 Å². The lowest BCUT2D eigenvalue weighted by atomic mass is 10.2. The maximum Gasteiger partial charge on any atom is 0.416 e. The maximum atomic E-state index is 13.2. The number of carbonyl (C=O) groups is 2. The highest BCUT2D eigenvalue weighted by molar-refractivity contribution is 6.74. The first kappa shape index (κ1) is 45.9. The Hall–Kier alpha value is -3.52. The van der Waals surface area contributed by atoms with E-state index in [1.54, 1.807) is 6.92 Å². The van der Waals surface area contributed by atoms with Crippen molar-refractivity contribution >= 4 is 51.7 Å². The average molecular weight is 835 g/mol. The Morgan fingerprint density at radius 3 is 1.51 bits per heavy atom. The van der Waals surface area contributed by atoms with E-state index in [0.29, 0.717) is 0 Å². The number of hydrogen-bond donors (Lipinski definition) is 0. The molecule has 2 aromatic heterocycles. The highest BCUT2D eigenvalue weighted by Crippen LogP contribution is 2.44. The minimum Gasteiger partial charge on any atom is -0.489 e. The van der Waals surface area contributed by atoms with Crippen LogP contribution in [0.15, 0.2) is 71.3 Å². The number of rotatable bonds is 9. The van der Waals surface area contributed by atoms with Gasteiger partial charge in [-0.05, 0) is 74.4 Å². The first-order chi connectivity index (χ1) is 24.9. The summed E-state index contributed by atoms with van der Waals surface area (Å²) in [7, 11) is -4.78. The predicted molar refractivity (Wildman–Crippen MR) is 205 cm³/mol. The molecule has 2 aliphatic heterocycles. The van der Waals surface area contributed by atoms with Crippen molar-refractivity contribution in [2.75, 3.05) is 16.4 Å². The minimum atomic E-state index is -4.55. The van der Waals surface area contributed by atoms with Gasteiger partial charge in [-0.3, -0.25) is 19.4 Å². The number of nitrogens with zero attached hydrogens (tertiary/aromatic N) is 4. The third-order valence-corrected chi connectivity index (χ3v) is 19.5. The lowest BCUT2D eigenvalue weighted by Gasteiger charge is -2.40. The van der Waals surface area contributed by atoms with Crippen molar-refractivity contribution < 1.29 is 49.5 Å². The molecule has 2 aromatic rings. The molecule has 55 heavy (non-hydrogen) atoms. The number of alkyl halides is 6. The topological polar surface area (TPSA) is 94.1 Å². The number of anilines is 2. The van der Waals surface area contributed by atoms with Crippen LogP contribution in [0.1, 0.15) is 66.5 Å². The Balaban J connectivity index is 0.000000297. The van der Waals surface area contributed by atoms with Crippen molar-refractivity contribution in [2.24, 2.45) is 0 Å². The highest BCUT2D eigenvalue weighted by atomic mass is 35.5. The first-order valence-corrected chi connectivity index (χ1v) is 23.5. The molecule has 2 atom stereocenters. The molecule has 304 valence electrons. The van der Waals surface area contributed by atoms with E-state index in [4.69, 9.17) is 25.2 Å². The molecule has 0 saturated carbocycles. The number of ether oxygens (including phenoxy) is 1. The number of hydrogen-bond acceptors (Lipinski definition) is 7. The van der Waals surface area contributed by atoms with Crippen molar-refractivity contribution in [3.8, 4) is 0 Å². The Bertz CT molecular complexity index is 1850. The van der Waals surface area contributed by atoms with E-state index in [-0.39, 0.29) is 50.3 Å². The molecule has 0 radical (unpaired) electrons. The van der Waals surface area contributed by atoms with Gasteiger partial charge in [0.05, 0.1) is 21.7 Å². The average Bonchev–Trinajstić information content (AvgIpc) is 3.40. The molecule has 2 amide bonds. The van der Waals surface area contributed by atoms with Crippen LogP contribution in [0.4, 0.5) is 38.0 Å². The lowest BCUT2D eigenvalue weighted by Crippen LogP contribution is -2.50. The normalized spacial score (nSPS) is 19.0. The quantitative estimate of drug-likeness (QED) is 0.141. The third-order valence-electron chi connectivity index (χ3n) is 10.1. The zero-order valence-corrected chi connectivity index (χ0v) is 35.8. The van der Waals surface area contributed by atoms with Gasteiger partial charge in [0.1, 0.15) is 18.2 Å². The number of halogens is 7. The van der Waals surface area contributed by atoms with Crippen LogP contribution < -0.4 is 9.80 Å². The molecule has 0 aliphatic carbocycles. The number of amides is 2. The smallest absolute Gasteiger partial charge is 0.416 e. The summed E-state index contributed by atoms with van der Waals surface area (Å²) in [5, 5.41) is -0.182. The monoisotopic (exact) mass is 834 g/mol. The molecule has 0 aromatic carbocycles. The Morgan fingerprint density at radius 1 is 0.745 bits per heavy atom. The van der Waals surface area contributed by atoms with E-state index in [1.165, 1.54) is 13.0 Å². The SMILES string of the molecule is C=CCOC1=C(C)C(=O)N(c2cc(C(F)(F)F)ccn2)C1O[Si](C)(C)C(C)(C)C.CC1=C(Cl)C(O[Si](C)(C)C(C)(C)C)N(c2cc(C(F)(F)F)ccn2)C1=O. The molecule has 0 spiro atoms. The fraction of sp³-hybridized carbons (Fsp3) is 0.514. The van der Waals surface area contributed by atoms with Gasteiger partial charge in [-0.1, -0.05) is 65.8 Å². The van der Waals surface area contributed by atoms with Crippen molar-refractivity contribution in [1.82, 2.24) is 9.97 Å². The number of carbonyl (C=O) groups excluding carboxylic acids is 2. The van der Waals surface area contributed by atoms with Crippen molar-refractivity contribution in [2.45, 2.75) is 116 Å². The summed E-state index contributed by atoms with van der Waals surface area (Å²) in [6.07, 6.45) is -7.47. The van der Waals surface area contributed by atoms with Gasteiger partial charge in [0.15, 0.2) is 34.8 Å². The molecule has 0 fully saturated rings. The fourth-order valence-electron chi connectivity index (χ4n) is 4.73. The molecule has 18 heteroatoms. The van der Waals surface area contributed by atoms with E-state index >= 15 is 0 Å². The molecule has 0 N–H and O–H groups in total. The zero-order valence-electron chi connectivity index (χ0n) is 33.1. The summed E-state index contributed by atoms with van der Waals surface area (Å²) in [5.41, 5.74) is -1.26. The minimum absolute atomic E-state index is 0.134.